The molecule has 2 aromatic heterocycles. The molecule has 2 saturated heterocycles. The minimum absolute atomic E-state index is 0.319. The van der Waals surface area contributed by atoms with Crippen LogP contribution in [0.25, 0.3) is 0 Å². The van der Waals surface area contributed by atoms with E-state index in [-0.39, 0.29) is 0 Å². The number of pyridine rings is 1. The van der Waals surface area contributed by atoms with Gasteiger partial charge in [-0.05, 0) is 47.0 Å². The highest BCUT2D eigenvalue weighted by molar-refractivity contribution is 9.10. The molecule has 0 aliphatic carbocycles. The van der Waals surface area contributed by atoms with Crippen LogP contribution in [0.3, 0.4) is 0 Å². The highest BCUT2D eigenvalue weighted by atomic mass is 79.9. The average Bonchev–Trinajstić information content (AvgIpc) is 3.11. The van der Waals surface area contributed by atoms with Crippen molar-refractivity contribution in [3.63, 3.8) is 0 Å². The summed E-state index contributed by atoms with van der Waals surface area (Å²) in [5, 5.41) is 3.49. The number of nitrogens with one attached hydrogen (secondary N) is 1. The van der Waals surface area contributed by atoms with Crippen LogP contribution in [-0.2, 0) is 4.74 Å². The molecule has 4 rings (SSSR count). The lowest BCUT2D eigenvalue weighted by atomic mass is 10.2. The van der Waals surface area contributed by atoms with E-state index in [2.05, 4.69) is 54.0 Å². The lowest BCUT2D eigenvalue weighted by Gasteiger charge is -2.28. The molecule has 0 spiro atoms. The molecule has 7 nitrogen and oxygen atoms in total. The van der Waals surface area contributed by atoms with E-state index in [1.165, 1.54) is 5.56 Å². The highest BCUT2D eigenvalue weighted by Crippen LogP contribution is 2.25. The van der Waals surface area contributed by atoms with E-state index < -0.39 is 0 Å². The van der Waals surface area contributed by atoms with Crippen molar-refractivity contribution in [3.8, 4) is 0 Å². The van der Waals surface area contributed by atoms with Crippen LogP contribution < -0.4 is 15.1 Å². The fourth-order valence-electron chi connectivity index (χ4n) is 3.50. The summed E-state index contributed by atoms with van der Waals surface area (Å²) < 4.78 is 6.43. The van der Waals surface area contributed by atoms with Crippen molar-refractivity contribution in [2.75, 3.05) is 54.5 Å². The molecular weight excluding hydrogens is 396 g/mol. The summed E-state index contributed by atoms with van der Waals surface area (Å²) in [6.07, 6.45) is 4.73. The quantitative estimate of drug-likeness (QED) is 0.817. The van der Waals surface area contributed by atoms with Crippen molar-refractivity contribution in [1.29, 1.82) is 0 Å². The van der Waals surface area contributed by atoms with Gasteiger partial charge in [0.05, 0.1) is 13.2 Å². The molecule has 26 heavy (non-hydrogen) atoms. The third-order valence-corrected chi connectivity index (χ3v) is 5.25. The summed E-state index contributed by atoms with van der Waals surface area (Å²) in [5.41, 5.74) is 1.19. The van der Waals surface area contributed by atoms with Gasteiger partial charge in [0.1, 0.15) is 11.6 Å². The van der Waals surface area contributed by atoms with Gasteiger partial charge in [0, 0.05) is 49.1 Å². The number of morpholine rings is 1. The van der Waals surface area contributed by atoms with Crippen LogP contribution in [0.2, 0.25) is 0 Å². The molecule has 4 heterocycles. The molecule has 2 aromatic rings. The summed E-state index contributed by atoms with van der Waals surface area (Å²) in [4.78, 5) is 18.2. The molecule has 138 valence electrons. The Hall–Kier alpha value is -1.93. The van der Waals surface area contributed by atoms with Crippen LogP contribution in [0.5, 0.6) is 0 Å². The number of ether oxygens (including phenoxy) is 1. The van der Waals surface area contributed by atoms with Crippen molar-refractivity contribution < 1.29 is 4.74 Å². The SMILES string of the molecule is Cc1cc(Br)cnc1N1CCC(Nc2nccc(N3CCOCC3)n2)C1. The second-order valence-corrected chi connectivity index (χ2v) is 7.62. The number of nitrogens with zero attached hydrogens (tertiary/aromatic N) is 5. The first-order chi connectivity index (χ1) is 12.7. The highest BCUT2D eigenvalue weighted by Gasteiger charge is 2.25. The molecule has 8 heteroatoms. The molecular formula is C18H23BrN6O. The maximum Gasteiger partial charge on any atom is 0.224 e. The lowest BCUT2D eigenvalue weighted by Crippen LogP contribution is -2.37. The normalized spacial score (nSPS) is 20.5. The molecule has 1 atom stereocenters. The predicted molar refractivity (Wildman–Crippen MR) is 106 cm³/mol. The zero-order chi connectivity index (χ0) is 17.9. The van der Waals surface area contributed by atoms with Crippen molar-refractivity contribution in [2.24, 2.45) is 0 Å². The Balaban J connectivity index is 1.40. The Morgan fingerprint density at radius 1 is 1.19 bits per heavy atom. The number of hydrogen-bond donors (Lipinski definition) is 1. The Bertz CT molecular complexity index is 767. The van der Waals surface area contributed by atoms with E-state index in [0.717, 1.165) is 61.9 Å². The zero-order valence-corrected chi connectivity index (χ0v) is 16.4. The van der Waals surface area contributed by atoms with Crippen molar-refractivity contribution >= 4 is 33.5 Å². The van der Waals surface area contributed by atoms with Crippen molar-refractivity contribution in [1.82, 2.24) is 15.0 Å². The van der Waals surface area contributed by atoms with Crippen LogP contribution >= 0.6 is 15.9 Å². The van der Waals surface area contributed by atoms with Crippen molar-refractivity contribution in [2.45, 2.75) is 19.4 Å². The first kappa shape index (κ1) is 17.5. The predicted octanol–water partition coefficient (Wildman–Crippen LogP) is 2.47. The largest absolute Gasteiger partial charge is 0.378 e. The van der Waals surface area contributed by atoms with E-state index in [1.54, 1.807) is 0 Å². The second kappa shape index (κ2) is 7.75. The number of aromatic nitrogens is 3. The lowest BCUT2D eigenvalue weighted by molar-refractivity contribution is 0.122. The summed E-state index contributed by atoms with van der Waals surface area (Å²) >= 11 is 3.48. The van der Waals surface area contributed by atoms with Gasteiger partial charge >= 0.3 is 0 Å². The average molecular weight is 419 g/mol. The number of halogens is 1. The van der Waals surface area contributed by atoms with Crippen LogP contribution in [0.4, 0.5) is 17.6 Å². The van der Waals surface area contributed by atoms with Gasteiger partial charge in [0.15, 0.2) is 0 Å². The summed E-state index contributed by atoms with van der Waals surface area (Å²) in [7, 11) is 0. The van der Waals surface area contributed by atoms with E-state index in [4.69, 9.17) is 9.72 Å². The number of rotatable bonds is 4. The molecule has 2 fully saturated rings. The maximum absolute atomic E-state index is 5.41. The Labute approximate surface area is 161 Å². The van der Waals surface area contributed by atoms with Gasteiger partial charge in [-0.15, -0.1) is 0 Å². The molecule has 1 unspecified atom stereocenters. The third kappa shape index (κ3) is 3.91. The monoisotopic (exact) mass is 418 g/mol. The molecule has 0 amide bonds. The first-order valence-electron chi connectivity index (χ1n) is 8.98. The van der Waals surface area contributed by atoms with Gasteiger partial charge in [-0.25, -0.2) is 9.97 Å². The van der Waals surface area contributed by atoms with Gasteiger partial charge in [0.2, 0.25) is 5.95 Å². The molecule has 1 N–H and O–H groups in total. The van der Waals surface area contributed by atoms with E-state index in [0.29, 0.717) is 12.0 Å². The van der Waals surface area contributed by atoms with Gasteiger partial charge in [-0.3, -0.25) is 0 Å². The number of aryl methyl sites for hydroxylation is 1. The summed E-state index contributed by atoms with van der Waals surface area (Å²) in [5.74, 6) is 2.72. The molecule has 0 aromatic carbocycles. The van der Waals surface area contributed by atoms with Crippen LogP contribution in [0.15, 0.2) is 29.0 Å². The number of anilines is 3. The van der Waals surface area contributed by atoms with E-state index in [1.807, 2.05) is 18.5 Å². The van der Waals surface area contributed by atoms with Crippen LogP contribution in [-0.4, -0.2) is 60.4 Å². The first-order valence-corrected chi connectivity index (χ1v) is 9.78. The Kier molecular flexibility index (Phi) is 5.21. The Morgan fingerprint density at radius 2 is 2.04 bits per heavy atom. The topological polar surface area (TPSA) is 66.4 Å². The second-order valence-electron chi connectivity index (χ2n) is 6.71. The molecule has 2 aliphatic rings. The van der Waals surface area contributed by atoms with Gasteiger partial charge < -0.3 is 19.9 Å². The van der Waals surface area contributed by atoms with Crippen LogP contribution in [0.1, 0.15) is 12.0 Å². The fraction of sp³-hybridized carbons (Fsp3) is 0.500. The molecule has 0 radical (unpaired) electrons. The third-order valence-electron chi connectivity index (χ3n) is 4.81. The van der Waals surface area contributed by atoms with Crippen LogP contribution in [0, 0.1) is 6.92 Å². The maximum atomic E-state index is 5.41. The Morgan fingerprint density at radius 3 is 2.85 bits per heavy atom. The summed E-state index contributed by atoms with van der Waals surface area (Å²) in [6.45, 7) is 7.25. The van der Waals surface area contributed by atoms with Gasteiger partial charge in [0.25, 0.3) is 0 Å². The minimum Gasteiger partial charge on any atom is -0.378 e. The molecule has 2 aliphatic heterocycles. The van der Waals surface area contributed by atoms with Gasteiger partial charge in [-0.1, -0.05) is 0 Å². The van der Waals surface area contributed by atoms with Crippen molar-refractivity contribution in [3.05, 3.63) is 34.6 Å². The van der Waals surface area contributed by atoms with Gasteiger partial charge in [-0.2, -0.15) is 4.98 Å². The zero-order valence-electron chi connectivity index (χ0n) is 14.9. The van der Waals surface area contributed by atoms with E-state index in [9.17, 15) is 0 Å². The summed E-state index contributed by atoms with van der Waals surface area (Å²) in [6, 6.07) is 4.39. The van der Waals surface area contributed by atoms with E-state index >= 15 is 0 Å². The number of hydrogen-bond acceptors (Lipinski definition) is 7. The smallest absolute Gasteiger partial charge is 0.224 e. The standard InChI is InChI=1S/C18H23BrN6O/c1-13-10-14(19)11-21-17(13)25-5-3-15(12-25)22-18-20-4-2-16(23-18)24-6-8-26-9-7-24/h2,4,10-11,15H,3,5-9,12H2,1H3,(H,20,22,23). The molecule has 0 bridgehead atoms. The molecule has 0 saturated carbocycles. The minimum atomic E-state index is 0.319. The fourth-order valence-corrected chi connectivity index (χ4v) is 3.95.